The van der Waals surface area contributed by atoms with Gasteiger partial charge >= 0.3 is 0 Å². The van der Waals surface area contributed by atoms with Gasteiger partial charge in [-0.15, -0.1) is 11.3 Å². The summed E-state index contributed by atoms with van der Waals surface area (Å²) in [6, 6.07) is 0. The highest BCUT2D eigenvalue weighted by atomic mass is 35.5. The molecule has 0 aromatic carbocycles. The minimum atomic E-state index is 0.444. The summed E-state index contributed by atoms with van der Waals surface area (Å²) < 4.78 is 0.973. The molecule has 0 fully saturated rings. The van der Waals surface area contributed by atoms with E-state index < -0.39 is 0 Å². The normalized spacial score (nSPS) is 14.8. The maximum atomic E-state index is 6.42. The standard InChI is InChI=1S/C17H18ClN3S2/c1-8(2)12-10-7-5-4-6-9(10)11-13-14(23-16(11)19-12)15(18)21-17(20-13)22-3/h8H,4-7H2,1-3H3. The van der Waals surface area contributed by atoms with Crippen LogP contribution in [0.1, 0.15) is 49.4 Å². The van der Waals surface area contributed by atoms with E-state index in [-0.39, 0.29) is 0 Å². The molecule has 3 heterocycles. The SMILES string of the molecule is CSc1nc(Cl)c2sc3nc(C(C)C)c4c(c3c2n1)CCCC4. The molecule has 3 aromatic rings. The molecule has 0 aliphatic heterocycles. The van der Waals surface area contributed by atoms with Crippen LogP contribution in [0, 0.1) is 0 Å². The van der Waals surface area contributed by atoms with Crippen LogP contribution in [0.15, 0.2) is 5.16 Å². The van der Waals surface area contributed by atoms with E-state index in [1.165, 1.54) is 46.8 Å². The predicted molar refractivity (Wildman–Crippen MR) is 100 cm³/mol. The van der Waals surface area contributed by atoms with Crippen molar-refractivity contribution in [3.63, 3.8) is 0 Å². The van der Waals surface area contributed by atoms with Gasteiger partial charge in [-0.05, 0) is 49.0 Å². The summed E-state index contributed by atoms with van der Waals surface area (Å²) in [4.78, 5) is 15.2. The van der Waals surface area contributed by atoms with Crippen molar-refractivity contribution in [1.82, 2.24) is 15.0 Å². The summed E-state index contributed by atoms with van der Waals surface area (Å²) in [5.74, 6) is 0.444. The summed E-state index contributed by atoms with van der Waals surface area (Å²) in [6.07, 6.45) is 6.74. The Hall–Kier alpha value is -0.910. The maximum absolute atomic E-state index is 6.42. The summed E-state index contributed by atoms with van der Waals surface area (Å²) in [5, 5.41) is 2.52. The van der Waals surface area contributed by atoms with Crippen molar-refractivity contribution in [2.45, 2.75) is 50.6 Å². The van der Waals surface area contributed by atoms with Gasteiger partial charge in [0.2, 0.25) is 0 Å². The number of thioether (sulfide) groups is 1. The number of fused-ring (bicyclic) bond motifs is 5. The lowest BCUT2D eigenvalue weighted by atomic mass is 9.86. The lowest BCUT2D eigenvalue weighted by Crippen LogP contribution is -2.10. The molecule has 3 nitrogen and oxygen atoms in total. The van der Waals surface area contributed by atoms with Gasteiger partial charge in [0, 0.05) is 11.1 Å². The van der Waals surface area contributed by atoms with E-state index in [4.69, 9.17) is 21.6 Å². The van der Waals surface area contributed by atoms with Gasteiger partial charge in [-0.1, -0.05) is 37.2 Å². The van der Waals surface area contributed by atoms with Gasteiger partial charge in [-0.25, -0.2) is 15.0 Å². The van der Waals surface area contributed by atoms with Crippen molar-refractivity contribution in [2.75, 3.05) is 6.26 Å². The minimum Gasteiger partial charge on any atom is -0.241 e. The van der Waals surface area contributed by atoms with E-state index in [0.717, 1.165) is 33.0 Å². The third kappa shape index (κ3) is 2.44. The van der Waals surface area contributed by atoms with Crippen molar-refractivity contribution in [2.24, 2.45) is 0 Å². The van der Waals surface area contributed by atoms with Gasteiger partial charge in [-0.2, -0.15) is 0 Å². The molecule has 0 amide bonds. The molecule has 0 N–H and O–H groups in total. The maximum Gasteiger partial charge on any atom is 0.189 e. The van der Waals surface area contributed by atoms with Crippen LogP contribution in [-0.2, 0) is 12.8 Å². The Morgan fingerprint density at radius 1 is 1.09 bits per heavy atom. The molecule has 0 bridgehead atoms. The molecule has 120 valence electrons. The molecule has 1 aliphatic carbocycles. The number of halogens is 1. The van der Waals surface area contributed by atoms with Gasteiger partial charge in [-0.3, -0.25) is 0 Å². The Morgan fingerprint density at radius 2 is 1.83 bits per heavy atom. The first-order valence-electron chi connectivity index (χ1n) is 7.95. The number of thiophene rings is 1. The van der Waals surface area contributed by atoms with Crippen LogP contribution in [0.3, 0.4) is 0 Å². The Kier molecular flexibility index (Phi) is 3.98. The molecule has 23 heavy (non-hydrogen) atoms. The molecule has 0 radical (unpaired) electrons. The van der Waals surface area contributed by atoms with Crippen LogP contribution in [0.2, 0.25) is 5.15 Å². The van der Waals surface area contributed by atoms with Crippen molar-refractivity contribution in [3.05, 3.63) is 22.0 Å². The average Bonchev–Trinajstić information content (AvgIpc) is 2.93. The molecular weight excluding hydrogens is 346 g/mol. The summed E-state index contributed by atoms with van der Waals surface area (Å²) in [7, 11) is 0. The molecular formula is C17H18ClN3S2. The fourth-order valence-electron chi connectivity index (χ4n) is 3.47. The van der Waals surface area contributed by atoms with Gasteiger partial charge < -0.3 is 0 Å². The zero-order valence-corrected chi connectivity index (χ0v) is 15.8. The Labute approximate surface area is 148 Å². The molecule has 4 rings (SSSR count). The first-order chi connectivity index (χ1) is 11.1. The van der Waals surface area contributed by atoms with Crippen molar-refractivity contribution in [3.8, 4) is 0 Å². The van der Waals surface area contributed by atoms with Crippen molar-refractivity contribution >= 4 is 55.1 Å². The van der Waals surface area contributed by atoms with E-state index >= 15 is 0 Å². The molecule has 6 heteroatoms. The molecule has 0 unspecified atom stereocenters. The fraction of sp³-hybridized carbons (Fsp3) is 0.471. The lowest BCUT2D eigenvalue weighted by Gasteiger charge is -2.21. The monoisotopic (exact) mass is 363 g/mol. The van der Waals surface area contributed by atoms with Gasteiger partial charge in [0.05, 0.1) is 10.2 Å². The summed E-state index contributed by atoms with van der Waals surface area (Å²) in [6.45, 7) is 4.46. The lowest BCUT2D eigenvalue weighted by molar-refractivity contribution is 0.667. The Bertz CT molecular complexity index is 917. The molecule has 0 atom stereocenters. The third-order valence-electron chi connectivity index (χ3n) is 4.48. The highest BCUT2D eigenvalue weighted by Gasteiger charge is 2.24. The van der Waals surface area contributed by atoms with E-state index in [1.54, 1.807) is 11.3 Å². The second-order valence-corrected chi connectivity index (χ2v) is 8.41. The zero-order valence-electron chi connectivity index (χ0n) is 13.4. The van der Waals surface area contributed by atoms with E-state index in [2.05, 4.69) is 18.8 Å². The zero-order chi connectivity index (χ0) is 16.1. The van der Waals surface area contributed by atoms with Gasteiger partial charge in [0.1, 0.15) is 4.83 Å². The number of rotatable bonds is 2. The van der Waals surface area contributed by atoms with Gasteiger partial charge in [0.25, 0.3) is 0 Å². The quantitative estimate of drug-likeness (QED) is 0.336. The fourth-order valence-corrected chi connectivity index (χ4v) is 5.21. The van der Waals surface area contributed by atoms with Crippen molar-refractivity contribution < 1.29 is 0 Å². The van der Waals surface area contributed by atoms with Crippen LogP contribution in [0.25, 0.3) is 20.4 Å². The topological polar surface area (TPSA) is 38.7 Å². The van der Waals surface area contributed by atoms with Crippen molar-refractivity contribution in [1.29, 1.82) is 0 Å². The number of hydrogen-bond donors (Lipinski definition) is 0. The highest BCUT2D eigenvalue weighted by Crippen LogP contribution is 2.42. The van der Waals surface area contributed by atoms with Gasteiger partial charge in [0.15, 0.2) is 10.3 Å². The van der Waals surface area contributed by atoms with Crippen LogP contribution in [-0.4, -0.2) is 21.2 Å². The highest BCUT2D eigenvalue weighted by molar-refractivity contribution is 7.98. The first kappa shape index (κ1) is 15.6. The molecule has 1 aliphatic rings. The second-order valence-electron chi connectivity index (χ2n) is 6.28. The number of pyridine rings is 1. The molecule has 0 spiro atoms. The summed E-state index contributed by atoms with van der Waals surface area (Å²) in [5.41, 5.74) is 5.17. The number of hydrogen-bond acceptors (Lipinski definition) is 5. The molecule has 0 saturated carbocycles. The van der Waals surface area contributed by atoms with Crippen LogP contribution < -0.4 is 0 Å². The number of aryl methyl sites for hydroxylation is 1. The summed E-state index contributed by atoms with van der Waals surface area (Å²) >= 11 is 9.58. The smallest absolute Gasteiger partial charge is 0.189 e. The second kappa shape index (κ2) is 5.87. The minimum absolute atomic E-state index is 0.444. The molecule has 3 aromatic heterocycles. The van der Waals surface area contributed by atoms with E-state index in [1.807, 2.05) is 6.26 Å². The molecule has 0 saturated heterocycles. The largest absolute Gasteiger partial charge is 0.241 e. The van der Waals surface area contributed by atoms with Crippen LogP contribution >= 0.6 is 34.7 Å². The Balaban J connectivity index is 2.15. The Morgan fingerprint density at radius 3 is 2.52 bits per heavy atom. The van der Waals surface area contributed by atoms with Crippen LogP contribution in [0.4, 0.5) is 0 Å². The predicted octanol–water partition coefficient (Wildman–Crippen LogP) is 5.62. The number of nitrogens with zero attached hydrogens (tertiary/aromatic N) is 3. The van der Waals surface area contributed by atoms with E-state index in [9.17, 15) is 0 Å². The first-order valence-corrected chi connectivity index (χ1v) is 10.4. The number of aromatic nitrogens is 3. The third-order valence-corrected chi connectivity index (χ3v) is 6.50. The van der Waals surface area contributed by atoms with E-state index in [0.29, 0.717) is 11.1 Å². The average molecular weight is 364 g/mol. The van der Waals surface area contributed by atoms with Crippen LogP contribution in [0.5, 0.6) is 0 Å².